The fourth-order valence-corrected chi connectivity index (χ4v) is 1.72. The molecule has 2 rings (SSSR count). The number of ether oxygens (including phenoxy) is 1. The van der Waals surface area contributed by atoms with Gasteiger partial charge in [-0.15, -0.1) is 0 Å². The van der Waals surface area contributed by atoms with E-state index in [1.165, 1.54) is 0 Å². The Morgan fingerprint density at radius 1 is 0.900 bits per heavy atom. The first-order valence-electron chi connectivity index (χ1n) is 6.55. The van der Waals surface area contributed by atoms with Gasteiger partial charge in [-0.3, -0.25) is 9.59 Å². The topological polar surface area (TPSA) is 43.4 Å². The molecule has 2 aromatic carbocycles. The zero-order chi connectivity index (χ0) is 14.4. The molecule has 0 fully saturated rings. The van der Waals surface area contributed by atoms with E-state index in [0.29, 0.717) is 23.3 Å². The Morgan fingerprint density at radius 3 is 2.10 bits per heavy atom. The van der Waals surface area contributed by atoms with Crippen molar-refractivity contribution in [2.75, 3.05) is 6.61 Å². The molecule has 3 heteroatoms. The van der Waals surface area contributed by atoms with E-state index in [0.717, 1.165) is 0 Å². The van der Waals surface area contributed by atoms with Crippen molar-refractivity contribution in [3.63, 3.8) is 0 Å². The fourth-order valence-electron chi connectivity index (χ4n) is 1.72. The average molecular weight is 268 g/mol. The maximum atomic E-state index is 12.2. The van der Waals surface area contributed by atoms with Crippen LogP contribution >= 0.6 is 0 Å². The molecule has 0 radical (unpaired) electrons. The summed E-state index contributed by atoms with van der Waals surface area (Å²) < 4.78 is 5.34. The number of ketones is 2. The monoisotopic (exact) mass is 268 g/mol. The Hall–Kier alpha value is -2.42. The van der Waals surface area contributed by atoms with Crippen LogP contribution in [0.3, 0.4) is 0 Å². The highest BCUT2D eigenvalue weighted by Gasteiger charge is 2.08. The molecular weight excluding hydrogens is 252 g/mol. The zero-order valence-electron chi connectivity index (χ0n) is 11.3. The van der Waals surface area contributed by atoms with Crippen molar-refractivity contribution < 1.29 is 14.3 Å². The minimum Gasteiger partial charge on any atom is -0.486 e. The predicted molar refractivity (Wildman–Crippen MR) is 77.1 cm³/mol. The SMILES string of the molecule is CCC(=O)COc1ccc(C(=O)c2ccccc2)cc1. The lowest BCUT2D eigenvalue weighted by Crippen LogP contribution is -2.09. The van der Waals surface area contributed by atoms with Gasteiger partial charge in [0, 0.05) is 17.5 Å². The Bertz CT molecular complexity index is 585. The van der Waals surface area contributed by atoms with Crippen LogP contribution in [0, 0.1) is 0 Å². The summed E-state index contributed by atoms with van der Waals surface area (Å²) in [5, 5.41) is 0. The summed E-state index contributed by atoms with van der Waals surface area (Å²) in [5.74, 6) is 0.618. The van der Waals surface area contributed by atoms with E-state index >= 15 is 0 Å². The van der Waals surface area contributed by atoms with Gasteiger partial charge in [0.2, 0.25) is 0 Å². The van der Waals surface area contributed by atoms with Crippen LogP contribution < -0.4 is 4.74 Å². The van der Waals surface area contributed by atoms with Crippen LogP contribution in [0.4, 0.5) is 0 Å². The van der Waals surface area contributed by atoms with E-state index in [9.17, 15) is 9.59 Å². The fraction of sp³-hybridized carbons (Fsp3) is 0.176. The summed E-state index contributed by atoms with van der Waals surface area (Å²) in [4.78, 5) is 23.3. The summed E-state index contributed by atoms with van der Waals surface area (Å²) in [7, 11) is 0. The molecule has 0 aromatic heterocycles. The summed E-state index contributed by atoms with van der Waals surface area (Å²) in [6.07, 6.45) is 0.463. The van der Waals surface area contributed by atoms with Crippen LogP contribution in [0.25, 0.3) is 0 Å². The number of hydrogen-bond acceptors (Lipinski definition) is 3. The van der Waals surface area contributed by atoms with Crippen molar-refractivity contribution in [3.05, 3.63) is 65.7 Å². The molecular formula is C17H16O3. The van der Waals surface area contributed by atoms with Gasteiger partial charge in [0.25, 0.3) is 0 Å². The van der Waals surface area contributed by atoms with E-state index in [4.69, 9.17) is 4.74 Å². The molecule has 2 aromatic rings. The largest absolute Gasteiger partial charge is 0.486 e. The molecule has 0 saturated carbocycles. The first-order chi connectivity index (χ1) is 9.70. The first-order valence-corrected chi connectivity index (χ1v) is 6.55. The number of benzene rings is 2. The van der Waals surface area contributed by atoms with Gasteiger partial charge in [-0.2, -0.15) is 0 Å². The highest BCUT2D eigenvalue weighted by atomic mass is 16.5. The molecule has 0 aliphatic carbocycles. The van der Waals surface area contributed by atoms with Crippen molar-refractivity contribution in [2.24, 2.45) is 0 Å². The standard InChI is InChI=1S/C17H16O3/c1-2-15(18)12-20-16-10-8-14(9-11-16)17(19)13-6-4-3-5-7-13/h3-11H,2,12H2,1H3. The van der Waals surface area contributed by atoms with Gasteiger partial charge < -0.3 is 4.74 Å². The lowest BCUT2D eigenvalue weighted by Gasteiger charge is -2.06. The maximum Gasteiger partial charge on any atom is 0.193 e. The Morgan fingerprint density at radius 2 is 1.50 bits per heavy atom. The molecule has 0 heterocycles. The highest BCUT2D eigenvalue weighted by Crippen LogP contribution is 2.15. The second-order valence-electron chi connectivity index (χ2n) is 4.40. The minimum absolute atomic E-state index is 0.0261. The summed E-state index contributed by atoms with van der Waals surface area (Å²) >= 11 is 0. The van der Waals surface area contributed by atoms with Gasteiger partial charge in [-0.1, -0.05) is 37.3 Å². The third-order valence-electron chi connectivity index (χ3n) is 2.95. The number of carbonyl (C=O) groups excluding carboxylic acids is 2. The van der Waals surface area contributed by atoms with Crippen LogP contribution in [0.1, 0.15) is 29.3 Å². The first kappa shape index (κ1) is 14.0. The van der Waals surface area contributed by atoms with Gasteiger partial charge in [-0.05, 0) is 24.3 Å². The number of hydrogen-bond donors (Lipinski definition) is 0. The third-order valence-corrected chi connectivity index (χ3v) is 2.95. The maximum absolute atomic E-state index is 12.2. The average Bonchev–Trinajstić information content (AvgIpc) is 2.53. The number of Topliss-reactive ketones (excluding diaryl/α,β-unsaturated/α-hetero) is 1. The Labute approximate surface area is 118 Å². The van der Waals surface area contributed by atoms with Gasteiger partial charge in [0.15, 0.2) is 11.6 Å². The zero-order valence-corrected chi connectivity index (χ0v) is 11.3. The van der Waals surface area contributed by atoms with Crippen LogP contribution in [0.5, 0.6) is 5.75 Å². The normalized spacial score (nSPS) is 10.1. The van der Waals surface area contributed by atoms with Gasteiger partial charge in [0.05, 0.1) is 0 Å². The molecule has 0 saturated heterocycles. The second kappa shape index (κ2) is 6.66. The van der Waals surface area contributed by atoms with E-state index in [1.54, 1.807) is 43.3 Å². The van der Waals surface area contributed by atoms with Crippen LogP contribution in [-0.2, 0) is 4.79 Å². The Balaban J connectivity index is 2.05. The van der Waals surface area contributed by atoms with Crippen molar-refractivity contribution in [2.45, 2.75) is 13.3 Å². The van der Waals surface area contributed by atoms with Crippen molar-refractivity contribution in [1.82, 2.24) is 0 Å². The predicted octanol–water partition coefficient (Wildman–Crippen LogP) is 3.28. The van der Waals surface area contributed by atoms with E-state index in [-0.39, 0.29) is 18.2 Å². The summed E-state index contributed by atoms with van der Waals surface area (Å²) in [6.45, 7) is 1.87. The lowest BCUT2D eigenvalue weighted by atomic mass is 10.0. The van der Waals surface area contributed by atoms with E-state index in [2.05, 4.69) is 0 Å². The number of rotatable bonds is 6. The molecule has 0 N–H and O–H groups in total. The Kier molecular flexibility index (Phi) is 4.66. The lowest BCUT2D eigenvalue weighted by molar-refractivity contribution is -0.120. The molecule has 0 bridgehead atoms. The highest BCUT2D eigenvalue weighted by molar-refractivity contribution is 6.08. The van der Waals surface area contributed by atoms with Crippen molar-refractivity contribution in [1.29, 1.82) is 0 Å². The smallest absolute Gasteiger partial charge is 0.193 e. The molecule has 0 spiro atoms. The molecule has 0 amide bonds. The van der Waals surface area contributed by atoms with Gasteiger partial charge >= 0.3 is 0 Å². The second-order valence-corrected chi connectivity index (χ2v) is 4.40. The summed E-state index contributed by atoms with van der Waals surface area (Å²) in [5.41, 5.74) is 1.26. The summed E-state index contributed by atoms with van der Waals surface area (Å²) in [6, 6.07) is 15.9. The van der Waals surface area contributed by atoms with Crippen molar-refractivity contribution in [3.8, 4) is 5.75 Å². The van der Waals surface area contributed by atoms with Crippen LogP contribution in [0.2, 0.25) is 0 Å². The molecule has 0 atom stereocenters. The molecule has 3 nitrogen and oxygen atoms in total. The van der Waals surface area contributed by atoms with Crippen LogP contribution in [0.15, 0.2) is 54.6 Å². The molecule has 102 valence electrons. The van der Waals surface area contributed by atoms with Gasteiger partial charge in [-0.25, -0.2) is 0 Å². The molecule has 0 aliphatic heterocycles. The quantitative estimate of drug-likeness (QED) is 0.755. The van der Waals surface area contributed by atoms with Gasteiger partial charge in [0.1, 0.15) is 12.4 Å². The minimum atomic E-state index is -0.0261. The van der Waals surface area contributed by atoms with E-state index in [1.807, 2.05) is 18.2 Å². The number of carbonyl (C=O) groups is 2. The molecule has 20 heavy (non-hydrogen) atoms. The molecule has 0 aliphatic rings. The molecule has 0 unspecified atom stereocenters. The van der Waals surface area contributed by atoms with Crippen molar-refractivity contribution >= 4 is 11.6 Å². The third kappa shape index (κ3) is 3.54. The van der Waals surface area contributed by atoms with Crippen LogP contribution in [-0.4, -0.2) is 18.2 Å². The van der Waals surface area contributed by atoms with E-state index < -0.39 is 0 Å².